The molecule has 7 heteroatoms. The van der Waals surface area contributed by atoms with Gasteiger partial charge >= 0.3 is 0 Å². The first-order valence-corrected chi connectivity index (χ1v) is 7.78. The second-order valence-corrected chi connectivity index (χ2v) is 5.89. The molecular formula is C12H16ClNO4S. The number of nitrogens with two attached hydrogens (primary N) is 1. The Bertz CT molecular complexity index is 557. The molecule has 1 aromatic rings. The van der Waals surface area contributed by atoms with Crippen LogP contribution in [0, 0.1) is 0 Å². The average Bonchev–Trinajstić information content (AvgIpc) is 2.37. The van der Waals surface area contributed by atoms with Gasteiger partial charge in [-0.15, -0.1) is 11.6 Å². The molecule has 19 heavy (non-hydrogen) atoms. The summed E-state index contributed by atoms with van der Waals surface area (Å²) in [7, 11) is -2.59. The molecule has 0 atom stereocenters. The molecule has 2 N–H and O–H groups in total. The maximum atomic E-state index is 11.9. The van der Waals surface area contributed by atoms with Crippen molar-refractivity contribution in [3.8, 4) is 5.75 Å². The zero-order valence-electron chi connectivity index (χ0n) is 10.6. The van der Waals surface area contributed by atoms with Crippen LogP contribution in [0.15, 0.2) is 23.1 Å². The number of rotatable bonds is 7. The van der Waals surface area contributed by atoms with E-state index in [0.717, 1.165) is 6.42 Å². The van der Waals surface area contributed by atoms with E-state index in [1.54, 1.807) is 0 Å². The highest BCUT2D eigenvalue weighted by Crippen LogP contribution is 2.24. The van der Waals surface area contributed by atoms with Crippen LogP contribution in [0.1, 0.15) is 29.6 Å². The number of hydrogen-bond acceptors (Lipinski definition) is 4. The Kier molecular flexibility index (Phi) is 5.78. The monoisotopic (exact) mass is 305 g/mol. The Morgan fingerprint density at radius 3 is 2.58 bits per heavy atom. The molecule has 1 rings (SSSR count). The van der Waals surface area contributed by atoms with E-state index in [1.807, 2.05) is 0 Å². The summed E-state index contributed by atoms with van der Waals surface area (Å²) in [5.74, 6) is 0.482. The first-order valence-electron chi connectivity index (χ1n) is 5.70. The zero-order valence-corrected chi connectivity index (χ0v) is 12.1. The first-order chi connectivity index (χ1) is 8.90. The van der Waals surface area contributed by atoms with E-state index < -0.39 is 10.0 Å². The Balaban J connectivity index is 3.02. The fourth-order valence-electron chi connectivity index (χ4n) is 1.60. The Morgan fingerprint density at radius 1 is 1.37 bits per heavy atom. The molecule has 0 aliphatic heterocycles. The van der Waals surface area contributed by atoms with E-state index in [1.165, 1.54) is 25.3 Å². The number of methoxy groups -OCH3 is 1. The van der Waals surface area contributed by atoms with E-state index in [-0.39, 0.29) is 16.4 Å². The molecule has 0 saturated carbocycles. The minimum absolute atomic E-state index is 0.125. The second-order valence-electron chi connectivity index (χ2n) is 3.98. The number of carbonyl (C=O) groups excluding carboxylic acids is 1. The van der Waals surface area contributed by atoms with Crippen molar-refractivity contribution in [3.63, 3.8) is 0 Å². The van der Waals surface area contributed by atoms with E-state index in [0.29, 0.717) is 24.3 Å². The van der Waals surface area contributed by atoms with E-state index in [9.17, 15) is 13.2 Å². The van der Waals surface area contributed by atoms with E-state index >= 15 is 0 Å². The van der Waals surface area contributed by atoms with Gasteiger partial charge in [0.05, 0.1) is 7.11 Å². The van der Waals surface area contributed by atoms with Gasteiger partial charge in [-0.25, -0.2) is 13.6 Å². The summed E-state index contributed by atoms with van der Waals surface area (Å²) in [6.07, 6.45) is 1.73. The third-order valence-corrected chi connectivity index (χ3v) is 3.78. The van der Waals surface area contributed by atoms with Gasteiger partial charge in [-0.3, -0.25) is 4.79 Å². The lowest BCUT2D eigenvalue weighted by molar-refractivity contribution is 0.0979. The Labute approximate surface area is 117 Å². The van der Waals surface area contributed by atoms with Crippen LogP contribution in [-0.4, -0.2) is 27.2 Å². The molecule has 0 aromatic heterocycles. The number of hydrogen-bond donors (Lipinski definition) is 1. The molecule has 0 spiro atoms. The van der Waals surface area contributed by atoms with Crippen LogP contribution in [0.3, 0.4) is 0 Å². The SMILES string of the molecule is COc1ccc(C(=O)CCCCCl)cc1S(N)(=O)=O. The van der Waals surface area contributed by atoms with Gasteiger partial charge in [0, 0.05) is 17.9 Å². The van der Waals surface area contributed by atoms with Crippen molar-refractivity contribution >= 4 is 27.4 Å². The summed E-state index contributed by atoms with van der Waals surface area (Å²) in [4.78, 5) is 11.7. The zero-order chi connectivity index (χ0) is 14.5. The number of primary sulfonamides is 1. The summed E-state index contributed by atoms with van der Waals surface area (Å²) in [6.45, 7) is 0. The van der Waals surface area contributed by atoms with Crippen LogP contribution in [0.5, 0.6) is 5.75 Å². The van der Waals surface area contributed by atoms with E-state index in [4.69, 9.17) is 21.5 Å². The predicted molar refractivity (Wildman–Crippen MR) is 73.3 cm³/mol. The van der Waals surface area contributed by atoms with Gasteiger partial charge in [-0.2, -0.15) is 0 Å². The van der Waals surface area contributed by atoms with Crippen LogP contribution >= 0.6 is 11.6 Å². The highest BCUT2D eigenvalue weighted by molar-refractivity contribution is 7.89. The van der Waals surface area contributed by atoms with Gasteiger partial charge in [-0.05, 0) is 31.0 Å². The minimum Gasteiger partial charge on any atom is -0.495 e. The molecular weight excluding hydrogens is 290 g/mol. The number of alkyl halides is 1. The van der Waals surface area contributed by atoms with Crippen molar-refractivity contribution in [2.75, 3.05) is 13.0 Å². The molecule has 0 radical (unpaired) electrons. The van der Waals surface area contributed by atoms with Crippen molar-refractivity contribution in [1.82, 2.24) is 0 Å². The van der Waals surface area contributed by atoms with Crippen LogP contribution in [0.2, 0.25) is 0 Å². The van der Waals surface area contributed by atoms with Crippen molar-refractivity contribution in [2.45, 2.75) is 24.2 Å². The quantitative estimate of drug-likeness (QED) is 0.474. The number of halogens is 1. The molecule has 0 bridgehead atoms. The van der Waals surface area contributed by atoms with Gasteiger partial charge in [0.1, 0.15) is 10.6 Å². The maximum absolute atomic E-state index is 11.9. The molecule has 1 aromatic carbocycles. The highest BCUT2D eigenvalue weighted by atomic mass is 35.5. The number of ether oxygens (including phenoxy) is 1. The summed E-state index contributed by atoms with van der Waals surface area (Å²) in [6, 6.07) is 4.20. The number of benzene rings is 1. The van der Waals surface area contributed by atoms with Crippen LogP contribution in [0.25, 0.3) is 0 Å². The van der Waals surface area contributed by atoms with Crippen molar-refractivity contribution < 1.29 is 17.9 Å². The lowest BCUT2D eigenvalue weighted by Gasteiger charge is -2.08. The maximum Gasteiger partial charge on any atom is 0.241 e. The third-order valence-electron chi connectivity index (χ3n) is 2.58. The van der Waals surface area contributed by atoms with Gasteiger partial charge in [-0.1, -0.05) is 0 Å². The first kappa shape index (κ1) is 15.9. The average molecular weight is 306 g/mol. The predicted octanol–water partition coefficient (Wildman–Crippen LogP) is 1.93. The molecule has 0 aliphatic rings. The van der Waals surface area contributed by atoms with Gasteiger partial charge in [0.2, 0.25) is 10.0 Å². The van der Waals surface area contributed by atoms with Crippen LogP contribution in [0.4, 0.5) is 0 Å². The molecule has 0 fully saturated rings. The lowest BCUT2D eigenvalue weighted by Crippen LogP contribution is -2.14. The minimum atomic E-state index is -3.93. The number of sulfonamides is 1. The Morgan fingerprint density at radius 2 is 2.05 bits per heavy atom. The molecule has 0 saturated heterocycles. The fraction of sp³-hybridized carbons (Fsp3) is 0.417. The number of ketones is 1. The summed E-state index contributed by atoms with van der Waals surface area (Å²) < 4.78 is 27.8. The summed E-state index contributed by atoms with van der Waals surface area (Å²) >= 11 is 5.53. The van der Waals surface area contributed by atoms with Crippen molar-refractivity contribution in [2.24, 2.45) is 5.14 Å². The smallest absolute Gasteiger partial charge is 0.241 e. The summed E-state index contributed by atoms with van der Waals surface area (Å²) in [5.41, 5.74) is 0.305. The normalized spacial score (nSPS) is 11.3. The molecule has 5 nitrogen and oxygen atoms in total. The topological polar surface area (TPSA) is 86.5 Å². The van der Waals surface area contributed by atoms with Gasteiger partial charge < -0.3 is 4.74 Å². The number of Topliss-reactive ketones (excluding diaryl/α,β-unsaturated/α-hetero) is 1. The third kappa shape index (κ3) is 4.49. The lowest BCUT2D eigenvalue weighted by atomic mass is 10.1. The largest absolute Gasteiger partial charge is 0.495 e. The second kappa shape index (κ2) is 6.88. The molecule has 0 heterocycles. The number of carbonyl (C=O) groups is 1. The van der Waals surface area contributed by atoms with Crippen LogP contribution < -0.4 is 9.88 Å². The molecule has 0 amide bonds. The molecule has 106 valence electrons. The fourth-order valence-corrected chi connectivity index (χ4v) is 2.51. The number of unbranched alkanes of at least 4 members (excludes halogenated alkanes) is 1. The Hall–Kier alpha value is -1.11. The van der Waals surface area contributed by atoms with Gasteiger partial charge in [0.15, 0.2) is 5.78 Å². The summed E-state index contributed by atoms with van der Waals surface area (Å²) in [5, 5.41) is 5.09. The van der Waals surface area contributed by atoms with Crippen LogP contribution in [-0.2, 0) is 10.0 Å². The van der Waals surface area contributed by atoms with Gasteiger partial charge in [0.25, 0.3) is 0 Å². The van der Waals surface area contributed by atoms with Crippen molar-refractivity contribution in [1.29, 1.82) is 0 Å². The standard InChI is InChI=1S/C12H16ClNO4S/c1-18-11-6-5-9(8-12(11)19(14,16)17)10(15)4-2-3-7-13/h5-6,8H,2-4,7H2,1H3,(H2,14,16,17). The molecule has 0 unspecified atom stereocenters. The molecule has 0 aliphatic carbocycles. The van der Waals surface area contributed by atoms with Crippen molar-refractivity contribution in [3.05, 3.63) is 23.8 Å². The van der Waals surface area contributed by atoms with E-state index in [2.05, 4.69) is 0 Å². The highest BCUT2D eigenvalue weighted by Gasteiger charge is 2.17.